The Labute approximate surface area is 153 Å². The zero-order chi connectivity index (χ0) is 17.4. The van der Waals surface area contributed by atoms with Crippen LogP contribution in [0.4, 0.5) is 4.79 Å². The van der Waals surface area contributed by atoms with E-state index in [-0.39, 0.29) is 31.4 Å². The molecule has 0 aromatic heterocycles. The van der Waals surface area contributed by atoms with E-state index in [1.54, 1.807) is 0 Å². The molecule has 1 aliphatic heterocycles. The molecule has 0 bridgehead atoms. The van der Waals surface area contributed by atoms with Crippen molar-refractivity contribution in [2.24, 2.45) is 11.7 Å². The minimum absolute atomic E-state index is 0. The topological polar surface area (TPSA) is 106 Å². The normalized spacial score (nSPS) is 14.3. The lowest BCUT2D eigenvalue weighted by molar-refractivity contribution is -0.140. The summed E-state index contributed by atoms with van der Waals surface area (Å²) in [6.45, 7) is 1.54. The number of benzene rings is 1. The van der Waals surface area contributed by atoms with Crippen molar-refractivity contribution in [3.05, 3.63) is 35.9 Å². The number of likely N-dealkylation sites (tertiary alicyclic amines) is 1. The first-order valence-electron chi connectivity index (χ1n) is 8.05. The number of ether oxygens (including phenoxy) is 2. The van der Waals surface area contributed by atoms with E-state index in [4.69, 9.17) is 15.9 Å². The first-order valence-corrected chi connectivity index (χ1v) is 8.05. The molecule has 7 nitrogen and oxygen atoms in total. The van der Waals surface area contributed by atoms with Gasteiger partial charge >= 0.3 is 12.1 Å². The van der Waals surface area contributed by atoms with Crippen molar-refractivity contribution in [2.75, 3.05) is 13.1 Å². The van der Waals surface area contributed by atoms with Crippen LogP contribution in [0.3, 0.4) is 0 Å². The number of guanidine groups is 1. The number of nitrogens with one attached hydrogen (secondary N) is 1. The second kappa shape index (κ2) is 10.6. The lowest BCUT2D eigenvalue weighted by Crippen LogP contribution is -2.42. The summed E-state index contributed by atoms with van der Waals surface area (Å²) in [6, 6.07) is 9.19. The smallest absolute Gasteiger partial charge is 0.429 e. The zero-order valence-corrected chi connectivity index (χ0v) is 14.8. The molecule has 138 valence electrons. The van der Waals surface area contributed by atoms with Gasteiger partial charge in [-0.2, -0.15) is 0 Å². The summed E-state index contributed by atoms with van der Waals surface area (Å²) in [6.07, 6.45) is 1.65. The number of hydrogen-bond acceptors (Lipinski definition) is 5. The molecule has 0 spiro atoms. The van der Waals surface area contributed by atoms with E-state index in [0.717, 1.165) is 31.5 Å². The Balaban J connectivity index is 0.00000312. The van der Waals surface area contributed by atoms with Gasteiger partial charge in [0.1, 0.15) is 6.61 Å². The average Bonchev–Trinajstić information content (AvgIpc) is 2.59. The van der Waals surface area contributed by atoms with Gasteiger partial charge in [-0.25, -0.2) is 4.79 Å². The lowest BCUT2D eigenvalue weighted by atomic mass is 9.92. The number of nitrogens with zero attached hydrogens (tertiary/aromatic N) is 1. The third-order valence-corrected chi connectivity index (χ3v) is 4.11. The van der Waals surface area contributed by atoms with E-state index in [0.29, 0.717) is 12.3 Å². The molecular weight excluding hydrogens is 346 g/mol. The monoisotopic (exact) mass is 369 g/mol. The summed E-state index contributed by atoms with van der Waals surface area (Å²) in [5.41, 5.74) is 6.28. The van der Waals surface area contributed by atoms with Gasteiger partial charge < -0.3 is 20.1 Å². The third-order valence-electron chi connectivity index (χ3n) is 4.11. The fourth-order valence-electron chi connectivity index (χ4n) is 2.67. The number of hydrogen-bond donors (Lipinski definition) is 2. The van der Waals surface area contributed by atoms with E-state index in [9.17, 15) is 9.59 Å². The van der Waals surface area contributed by atoms with Crippen molar-refractivity contribution < 1.29 is 19.1 Å². The van der Waals surface area contributed by atoms with Crippen LogP contribution >= 0.6 is 12.4 Å². The quantitative estimate of drug-likeness (QED) is 0.358. The number of esters is 1. The molecule has 1 fully saturated rings. The highest BCUT2D eigenvalue weighted by Crippen LogP contribution is 2.21. The Morgan fingerprint density at radius 3 is 2.44 bits per heavy atom. The number of piperidine rings is 1. The highest BCUT2D eigenvalue weighted by atomic mass is 35.5. The summed E-state index contributed by atoms with van der Waals surface area (Å²) < 4.78 is 9.56. The Bertz CT molecular complexity index is 575. The molecule has 0 unspecified atom stereocenters. The van der Waals surface area contributed by atoms with Gasteiger partial charge in [0.2, 0.25) is 0 Å². The summed E-state index contributed by atoms with van der Waals surface area (Å²) >= 11 is 0. The molecule has 1 aromatic carbocycles. The Morgan fingerprint density at radius 1 is 1.20 bits per heavy atom. The van der Waals surface area contributed by atoms with E-state index < -0.39 is 12.1 Å². The van der Waals surface area contributed by atoms with E-state index in [1.165, 1.54) is 0 Å². The van der Waals surface area contributed by atoms with Crippen LogP contribution < -0.4 is 5.73 Å². The summed E-state index contributed by atoms with van der Waals surface area (Å²) in [4.78, 5) is 25.0. The second-order valence-corrected chi connectivity index (χ2v) is 5.85. The number of nitrogens with two attached hydrogens (primary N) is 1. The minimum Gasteiger partial charge on any atom is -0.429 e. The van der Waals surface area contributed by atoms with Crippen LogP contribution in [0.1, 0.15) is 31.2 Å². The highest BCUT2D eigenvalue weighted by molar-refractivity contribution is 5.85. The Kier molecular flexibility index (Phi) is 8.77. The van der Waals surface area contributed by atoms with Gasteiger partial charge in [-0.1, -0.05) is 30.3 Å². The zero-order valence-electron chi connectivity index (χ0n) is 14.0. The predicted molar refractivity (Wildman–Crippen MR) is 95.4 cm³/mol. The molecule has 1 saturated heterocycles. The van der Waals surface area contributed by atoms with Gasteiger partial charge in [0, 0.05) is 19.5 Å². The molecule has 0 atom stereocenters. The number of carbonyl (C=O) groups excluding carboxylic acids is 2. The SMILES string of the molecule is Cl.N=C(N)N1CCC(CCC(=O)OC(=O)OCc2ccccc2)CC1. The van der Waals surface area contributed by atoms with Crippen molar-refractivity contribution >= 4 is 30.5 Å². The number of rotatable bonds is 5. The summed E-state index contributed by atoms with van der Waals surface area (Å²) in [7, 11) is 0. The van der Waals surface area contributed by atoms with Gasteiger partial charge in [-0.05, 0) is 30.7 Å². The van der Waals surface area contributed by atoms with Gasteiger partial charge in [0.15, 0.2) is 5.96 Å². The van der Waals surface area contributed by atoms with Crippen molar-refractivity contribution in [1.29, 1.82) is 5.41 Å². The molecule has 1 aromatic rings. The second-order valence-electron chi connectivity index (χ2n) is 5.85. The van der Waals surface area contributed by atoms with Crippen LogP contribution in [0.5, 0.6) is 0 Å². The van der Waals surface area contributed by atoms with Crippen LogP contribution in [-0.2, 0) is 20.9 Å². The standard InChI is InChI=1S/C17H23N3O4.ClH/c18-16(19)20-10-8-13(9-11-20)6-7-15(21)24-17(22)23-12-14-4-2-1-3-5-14;/h1-5,13H,6-12H2,(H3,18,19);1H. The first-order chi connectivity index (χ1) is 11.5. The molecule has 0 aliphatic carbocycles. The molecule has 0 saturated carbocycles. The Hall–Kier alpha value is -2.28. The molecule has 2 rings (SSSR count). The maximum atomic E-state index is 11.7. The molecule has 8 heteroatoms. The van der Waals surface area contributed by atoms with Crippen LogP contribution in [0.2, 0.25) is 0 Å². The fourth-order valence-corrected chi connectivity index (χ4v) is 2.67. The maximum Gasteiger partial charge on any atom is 0.516 e. The van der Waals surface area contributed by atoms with E-state index in [1.807, 2.05) is 35.2 Å². The average molecular weight is 370 g/mol. The predicted octanol–water partition coefficient (Wildman–Crippen LogP) is 2.67. The van der Waals surface area contributed by atoms with Crippen LogP contribution in [0.15, 0.2) is 30.3 Å². The van der Waals surface area contributed by atoms with E-state index in [2.05, 4.69) is 4.74 Å². The molecule has 1 aliphatic rings. The van der Waals surface area contributed by atoms with Gasteiger partial charge in [0.25, 0.3) is 0 Å². The minimum atomic E-state index is -0.963. The molecular formula is C17H24ClN3O4. The summed E-state index contributed by atoms with van der Waals surface area (Å²) in [5.74, 6) is -0.0930. The van der Waals surface area contributed by atoms with Crippen LogP contribution in [0.25, 0.3) is 0 Å². The van der Waals surface area contributed by atoms with Crippen molar-refractivity contribution in [1.82, 2.24) is 4.90 Å². The fraction of sp³-hybridized carbons (Fsp3) is 0.471. The number of halogens is 1. The molecule has 1 heterocycles. The number of carbonyl (C=O) groups is 2. The molecule has 0 amide bonds. The van der Waals surface area contributed by atoms with Gasteiger partial charge in [-0.3, -0.25) is 10.2 Å². The van der Waals surface area contributed by atoms with Crippen LogP contribution in [-0.4, -0.2) is 36.1 Å². The third kappa shape index (κ3) is 7.43. The highest BCUT2D eigenvalue weighted by Gasteiger charge is 2.21. The first kappa shape index (κ1) is 20.8. The lowest BCUT2D eigenvalue weighted by Gasteiger charge is -2.31. The van der Waals surface area contributed by atoms with Gasteiger partial charge in [-0.15, -0.1) is 12.4 Å². The largest absolute Gasteiger partial charge is 0.516 e. The van der Waals surface area contributed by atoms with E-state index >= 15 is 0 Å². The Morgan fingerprint density at radius 2 is 1.84 bits per heavy atom. The molecule has 25 heavy (non-hydrogen) atoms. The van der Waals surface area contributed by atoms with Crippen molar-refractivity contribution in [3.8, 4) is 0 Å². The maximum absolute atomic E-state index is 11.7. The molecule has 3 N–H and O–H groups in total. The van der Waals surface area contributed by atoms with Crippen molar-refractivity contribution in [3.63, 3.8) is 0 Å². The van der Waals surface area contributed by atoms with Crippen molar-refractivity contribution in [2.45, 2.75) is 32.3 Å². The van der Waals surface area contributed by atoms with Crippen LogP contribution in [0, 0.1) is 11.3 Å². The molecule has 0 radical (unpaired) electrons. The summed E-state index contributed by atoms with van der Waals surface area (Å²) in [5, 5.41) is 7.38. The van der Waals surface area contributed by atoms with Gasteiger partial charge in [0.05, 0.1) is 0 Å².